The molecule has 3 heteroatoms. The number of anilines is 1. The Balaban J connectivity index is 3.17. The van der Waals surface area contributed by atoms with Crippen LogP contribution < -0.4 is 5.32 Å². The van der Waals surface area contributed by atoms with E-state index < -0.39 is 0 Å². The van der Waals surface area contributed by atoms with E-state index in [2.05, 4.69) is 21.2 Å². The largest absolute Gasteiger partial charge is 0.328 e. The zero-order chi connectivity index (χ0) is 9.14. The lowest BCUT2D eigenvalue weighted by Gasteiger charge is -2.07. The molecule has 0 unspecified atom stereocenters. The summed E-state index contributed by atoms with van der Waals surface area (Å²) in [6, 6.07) is 3.90. The smallest absolute Gasteiger partial charge is 0.211 e. The number of carbonyl (C=O) groups excluding carboxylic acids is 1. The molecule has 64 valence electrons. The molecular formula is C9H10BrNO. The Bertz CT molecular complexity index is 310. The molecule has 1 amide bonds. The predicted octanol–water partition coefficient (Wildman–Crippen LogP) is 2.63. The number of rotatable bonds is 2. The van der Waals surface area contributed by atoms with Crippen molar-refractivity contribution in [2.45, 2.75) is 13.8 Å². The van der Waals surface area contributed by atoms with Crippen molar-refractivity contribution < 1.29 is 4.79 Å². The molecule has 0 radical (unpaired) electrons. The fraction of sp³-hybridized carbons (Fsp3) is 0.222. The average molecular weight is 228 g/mol. The summed E-state index contributed by atoms with van der Waals surface area (Å²) in [7, 11) is 0. The van der Waals surface area contributed by atoms with Gasteiger partial charge in [-0.2, -0.15) is 0 Å². The monoisotopic (exact) mass is 227 g/mol. The van der Waals surface area contributed by atoms with Gasteiger partial charge < -0.3 is 5.32 Å². The standard InChI is InChI=1S/C9H10BrNO/c1-6-3-8(10)4-9(7(6)2)11-5-12/h3-5H,1-2H3,(H,11,12). The fourth-order valence-corrected chi connectivity index (χ4v) is 1.60. The van der Waals surface area contributed by atoms with Crippen LogP contribution in [0.15, 0.2) is 16.6 Å². The summed E-state index contributed by atoms with van der Waals surface area (Å²) in [5.41, 5.74) is 3.12. The number of amides is 1. The highest BCUT2D eigenvalue weighted by atomic mass is 79.9. The molecule has 1 aromatic rings. The maximum absolute atomic E-state index is 10.2. The SMILES string of the molecule is Cc1cc(Br)cc(NC=O)c1C. The highest BCUT2D eigenvalue weighted by Gasteiger charge is 2.01. The van der Waals surface area contributed by atoms with Gasteiger partial charge in [-0.3, -0.25) is 4.79 Å². The molecule has 0 heterocycles. The fourth-order valence-electron chi connectivity index (χ4n) is 1.03. The summed E-state index contributed by atoms with van der Waals surface area (Å²) >= 11 is 3.36. The lowest BCUT2D eigenvalue weighted by molar-refractivity contribution is -0.105. The molecular weight excluding hydrogens is 218 g/mol. The van der Waals surface area contributed by atoms with Crippen LogP contribution in [0.4, 0.5) is 5.69 Å². The second-order valence-corrected chi connectivity index (χ2v) is 3.57. The van der Waals surface area contributed by atoms with Gasteiger partial charge in [0.1, 0.15) is 0 Å². The van der Waals surface area contributed by atoms with Crippen LogP contribution in [0.3, 0.4) is 0 Å². The van der Waals surface area contributed by atoms with Crippen LogP contribution in [0.1, 0.15) is 11.1 Å². The van der Waals surface area contributed by atoms with Crippen molar-refractivity contribution in [1.82, 2.24) is 0 Å². The van der Waals surface area contributed by atoms with Gasteiger partial charge in [-0.15, -0.1) is 0 Å². The average Bonchev–Trinajstić information content (AvgIpc) is 2.00. The highest BCUT2D eigenvalue weighted by Crippen LogP contribution is 2.23. The summed E-state index contributed by atoms with van der Waals surface area (Å²) in [5.74, 6) is 0. The molecule has 0 saturated carbocycles. The molecule has 0 saturated heterocycles. The zero-order valence-corrected chi connectivity index (χ0v) is 8.60. The third-order valence-corrected chi connectivity index (χ3v) is 2.30. The first kappa shape index (κ1) is 9.26. The van der Waals surface area contributed by atoms with Crippen LogP contribution in [0.25, 0.3) is 0 Å². The van der Waals surface area contributed by atoms with Crippen molar-refractivity contribution in [3.05, 3.63) is 27.7 Å². The van der Waals surface area contributed by atoms with Gasteiger partial charge in [-0.25, -0.2) is 0 Å². The highest BCUT2D eigenvalue weighted by molar-refractivity contribution is 9.10. The Hall–Kier alpha value is -0.830. The van der Waals surface area contributed by atoms with E-state index in [-0.39, 0.29) is 0 Å². The van der Waals surface area contributed by atoms with Gasteiger partial charge in [-0.1, -0.05) is 15.9 Å². The van der Waals surface area contributed by atoms with E-state index in [1.54, 1.807) is 0 Å². The van der Waals surface area contributed by atoms with Crippen LogP contribution in [-0.2, 0) is 4.79 Å². The molecule has 0 fully saturated rings. The zero-order valence-electron chi connectivity index (χ0n) is 7.02. The van der Waals surface area contributed by atoms with Crippen LogP contribution in [-0.4, -0.2) is 6.41 Å². The molecule has 0 bridgehead atoms. The van der Waals surface area contributed by atoms with Crippen molar-refractivity contribution in [3.63, 3.8) is 0 Å². The molecule has 0 aliphatic carbocycles. The molecule has 0 aliphatic rings. The Morgan fingerprint density at radius 2 is 2.08 bits per heavy atom. The molecule has 2 nitrogen and oxygen atoms in total. The predicted molar refractivity (Wildman–Crippen MR) is 53.3 cm³/mol. The summed E-state index contributed by atoms with van der Waals surface area (Å²) in [4.78, 5) is 10.2. The number of nitrogens with one attached hydrogen (secondary N) is 1. The van der Waals surface area contributed by atoms with E-state index in [1.165, 1.54) is 0 Å². The van der Waals surface area contributed by atoms with Crippen LogP contribution >= 0.6 is 15.9 Å². The summed E-state index contributed by atoms with van der Waals surface area (Å²) < 4.78 is 0.981. The number of benzene rings is 1. The molecule has 0 aromatic heterocycles. The minimum Gasteiger partial charge on any atom is -0.328 e. The number of halogens is 1. The van der Waals surface area contributed by atoms with E-state index in [0.29, 0.717) is 6.41 Å². The Morgan fingerprint density at radius 1 is 1.42 bits per heavy atom. The van der Waals surface area contributed by atoms with Crippen molar-refractivity contribution in [2.24, 2.45) is 0 Å². The Kier molecular flexibility index (Phi) is 2.87. The van der Waals surface area contributed by atoms with E-state index >= 15 is 0 Å². The van der Waals surface area contributed by atoms with Crippen LogP contribution in [0, 0.1) is 13.8 Å². The first-order valence-corrected chi connectivity index (χ1v) is 4.41. The third kappa shape index (κ3) is 1.85. The number of carbonyl (C=O) groups is 1. The maximum Gasteiger partial charge on any atom is 0.211 e. The maximum atomic E-state index is 10.2. The van der Waals surface area contributed by atoms with Gasteiger partial charge in [-0.05, 0) is 37.1 Å². The van der Waals surface area contributed by atoms with Crippen molar-refractivity contribution >= 4 is 28.0 Å². The lowest BCUT2D eigenvalue weighted by Crippen LogP contribution is -1.97. The van der Waals surface area contributed by atoms with Gasteiger partial charge in [0.05, 0.1) is 0 Å². The third-order valence-electron chi connectivity index (χ3n) is 1.85. The summed E-state index contributed by atoms with van der Waals surface area (Å²) in [6.45, 7) is 3.99. The van der Waals surface area contributed by atoms with E-state index in [4.69, 9.17) is 0 Å². The van der Waals surface area contributed by atoms with Crippen LogP contribution in [0.5, 0.6) is 0 Å². The number of hydrogen-bond donors (Lipinski definition) is 1. The lowest BCUT2D eigenvalue weighted by atomic mass is 10.1. The van der Waals surface area contributed by atoms with E-state index in [0.717, 1.165) is 21.3 Å². The van der Waals surface area contributed by atoms with E-state index in [1.807, 2.05) is 26.0 Å². The van der Waals surface area contributed by atoms with Crippen LogP contribution in [0.2, 0.25) is 0 Å². The summed E-state index contributed by atoms with van der Waals surface area (Å²) in [6.07, 6.45) is 0.689. The van der Waals surface area contributed by atoms with Gasteiger partial charge in [0, 0.05) is 10.2 Å². The Labute approximate surface area is 80.1 Å². The van der Waals surface area contributed by atoms with Gasteiger partial charge in [0.2, 0.25) is 6.41 Å². The van der Waals surface area contributed by atoms with E-state index in [9.17, 15) is 4.79 Å². The molecule has 0 aliphatic heterocycles. The molecule has 1 rings (SSSR count). The van der Waals surface area contributed by atoms with Crippen molar-refractivity contribution in [1.29, 1.82) is 0 Å². The molecule has 1 aromatic carbocycles. The first-order chi connectivity index (χ1) is 5.65. The minimum absolute atomic E-state index is 0.689. The van der Waals surface area contributed by atoms with Crippen molar-refractivity contribution in [2.75, 3.05) is 5.32 Å². The molecule has 1 N–H and O–H groups in total. The Morgan fingerprint density at radius 3 is 2.67 bits per heavy atom. The molecule has 12 heavy (non-hydrogen) atoms. The molecule has 0 spiro atoms. The first-order valence-electron chi connectivity index (χ1n) is 3.62. The van der Waals surface area contributed by atoms with Gasteiger partial charge >= 0.3 is 0 Å². The quantitative estimate of drug-likeness (QED) is 0.774. The summed E-state index contributed by atoms with van der Waals surface area (Å²) in [5, 5.41) is 2.65. The molecule has 0 atom stereocenters. The normalized spacial score (nSPS) is 9.58. The number of hydrogen-bond acceptors (Lipinski definition) is 1. The van der Waals surface area contributed by atoms with Gasteiger partial charge in [0.15, 0.2) is 0 Å². The second-order valence-electron chi connectivity index (χ2n) is 2.66. The second kappa shape index (κ2) is 3.72. The topological polar surface area (TPSA) is 29.1 Å². The van der Waals surface area contributed by atoms with Crippen molar-refractivity contribution in [3.8, 4) is 0 Å². The number of aryl methyl sites for hydroxylation is 1. The minimum atomic E-state index is 0.689. The van der Waals surface area contributed by atoms with Gasteiger partial charge in [0.25, 0.3) is 0 Å².